The number of alkyl halides is 2. The predicted octanol–water partition coefficient (Wildman–Crippen LogP) is 2.27. The lowest BCUT2D eigenvalue weighted by atomic mass is 9.44. The Bertz CT molecular complexity index is 1610. The molecule has 0 aromatic heterocycles. The highest BCUT2D eigenvalue weighted by atomic mass is 19.1. The normalized spacial score (nSPS) is 33.5. The van der Waals surface area contributed by atoms with Gasteiger partial charge in [0.2, 0.25) is 11.7 Å². The van der Waals surface area contributed by atoms with E-state index in [2.05, 4.69) is 15.0 Å². The average molecular weight is 820 g/mol. The fraction of sp³-hybridized carbons (Fsp3) is 0.722. The van der Waals surface area contributed by atoms with Gasteiger partial charge in [-0.3, -0.25) is 54.5 Å². The van der Waals surface area contributed by atoms with Crippen molar-refractivity contribution in [1.82, 2.24) is 16.1 Å². The number of hydrogen-bond acceptors (Lipinski definition) is 17. The van der Waals surface area contributed by atoms with Crippen molar-refractivity contribution in [3.8, 4) is 0 Å². The summed E-state index contributed by atoms with van der Waals surface area (Å²) >= 11 is 0. The van der Waals surface area contributed by atoms with Crippen LogP contribution in [-0.2, 0) is 47.9 Å². The smallest absolute Gasteiger partial charge is 0.326 e. The van der Waals surface area contributed by atoms with Crippen LogP contribution >= 0.6 is 0 Å². The Morgan fingerprint density at radius 3 is 2.23 bits per heavy atom. The van der Waals surface area contributed by atoms with E-state index in [0.29, 0.717) is 12.8 Å². The number of aliphatic hydroxyl groups is 1. The quantitative estimate of drug-likeness (QED) is 0.0527. The molecule has 3 fully saturated rings. The second-order valence-electron chi connectivity index (χ2n) is 15.5. The number of aliphatic carboxylic acids is 1. The van der Waals surface area contributed by atoms with E-state index in [0.717, 1.165) is 12.2 Å². The number of amides is 1. The topological polar surface area (TPSA) is 279 Å². The summed E-state index contributed by atoms with van der Waals surface area (Å²) in [5, 5.41) is 57.3. The fourth-order valence-electron chi connectivity index (χ4n) is 9.64. The molecule has 57 heavy (non-hydrogen) atoms. The first-order valence-electron chi connectivity index (χ1n) is 18.6. The van der Waals surface area contributed by atoms with Crippen LogP contribution in [0.3, 0.4) is 0 Å². The lowest BCUT2D eigenvalue weighted by Gasteiger charge is -2.63. The molecule has 4 aliphatic carbocycles. The maximum Gasteiger partial charge on any atom is 0.326 e. The number of esters is 2. The summed E-state index contributed by atoms with van der Waals surface area (Å²) in [6.45, 7) is 2.95. The molecule has 0 bridgehead atoms. The van der Waals surface area contributed by atoms with Crippen LogP contribution in [-0.4, -0.2) is 127 Å². The van der Waals surface area contributed by atoms with Gasteiger partial charge in [-0.05, 0) is 69.1 Å². The third-order valence-corrected chi connectivity index (χ3v) is 12.2. The zero-order valence-corrected chi connectivity index (χ0v) is 31.8. The van der Waals surface area contributed by atoms with Crippen LogP contribution in [0.1, 0.15) is 85.0 Å². The van der Waals surface area contributed by atoms with E-state index in [1.807, 2.05) is 0 Å². The van der Waals surface area contributed by atoms with Crippen molar-refractivity contribution in [3.05, 3.63) is 23.8 Å². The summed E-state index contributed by atoms with van der Waals surface area (Å²) < 4.78 is 45.0. The number of unbranched alkanes of at least 4 members (excludes halogenated alkanes) is 2. The number of nitrogens with zero attached hydrogens (tertiary/aromatic N) is 2. The number of carboxylic acids is 1. The molecule has 0 aromatic rings. The van der Waals surface area contributed by atoms with E-state index in [9.17, 15) is 39.0 Å². The first-order valence-corrected chi connectivity index (χ1v) is 18.6. The summed E-state index contributed by atoms with van der Waals surface area (Å²) in [5.41, 5.74) is -8.19. The predicted molar refractivity (Wildman–Crippen MR) is 183 cm³/mol. The van der Waals surface area contributed by atoms with E-state index >= 15 is 8.78 Å². The molecule has 4 rings (SSSR count). The minimum Gasteiger partial charge on any atom is -0.480 e. The molecule has 320 valence electrons. The summed E-state index contributed by atoms with van der Waals surface area (Å²) in [5.74, 6) is -9.13. The van der Waals surface area contributed by atoms with Gasteiger partial charge in [0.1, 0.15) is 12.2 Å². The average Bonchev–Trinajstić information content (AvgIpc) is 3.34. The van der Waals surface area contributed by atoms with Crippen LogP contribution in [0.4, 0.5) is 8.78 Å². The number of halogens is 2. The number of fused-ring (bicyclic) bond motifs is 5. The van der Waals surface area contributed by atoms with E-state index < -0.39 is 137 Å². The summed E-state index contributed by atoms with van der Waals surface area (Å²) in [6, 6.07) is -1.76. The fourth-order valence-corrected chi connectivity index (χ4v) is 9.64. The van der Waals surface area contributed by atoms with Crippen molar-refractivity contribution in [2.45, 2.75) is 115 Å². The Kier molecular flexibility index (Phi) is 14.8. The Morgan fingerprint density at radius 1 is 0.947 bits per heavy atom. The van der Waals surface area contributed by atoms with Gasteiger partial charge in [0.05, 0.1) is 36.5 Å². The van der Waals surface area contributed by atoms with Crippen molar-refractivity contribution < 1.29 is 87.7 Å². The van der Waals surface area contributed by atoms with Gasteiger partial charge in [-0.25, -0.2) is 13.6 Å². The van der Waals surface area contributed by atoms with E-state index in [1.165, 1.54) is 19.9 Å². The summed E-state index contributed by atoms with van der Waals surface area (Å²) in [6.07, 6.45) is -1.84. The van der Waals surface area contributed by atoms with Crippen LogP contribution in [0, 0.1) is 28.6 Å². The van der Waals surface area contributed by atoms with E-state index in [1.54, 1.807) is 6.92 Å². The number of ketones is 2. The van der Waals surface area contributed by atoms with Crippen molar-refractivity contribution in [2.24, 2.45) is 28.6 Å². The molecule has 21 heteroatoms. The van der Waals surface area contributed by atoms with Gasteiger partial charge < -0.3 is 25.0 Å². The lowest BCUT2D eigenvalue weighted by molar-refractivity contribution is -0.492. The Morgan fingerprint density at radius 2 is 1.60 bits per heavy atom. The van der Waals surface area contributed by atoms with Crippen molar-refractivity contribution in [1.29, 1.82) is 0 Å². The molecule has 0 spiro atoms. The maximum atomic E-state index is 17.8. The van der Waals surface area contributed by atoms with Gasteiger partial charge >= 0.3 is 17.9 Å². The van der Waals surface area contributed by atoms with Crippen LogP contribution < -0.4 is 5.32 Å². The number of carbonyl (C=O) groups excluding carboxylic acids is 5. The Labute approximate surface area is 325 Å². The summed E-state index contributed by atoms with van der Waals surface area (Å²) in [7, 11) is 0. The van der Waals surface area contributed by atoms with Gasteiger partial charge in [-0.2, -0.15) is 0 Å². The molecule has 3 unspecified atom stereocenters. The molecule has 3 saturated carbocycles. The van der Waals surface area contributed by atoms with Crippen LogP contribution in [0.2, 0.25) is 0 Å². The van der Waals surface area contributed by atoms with Gasteiger partial charge in [-0.15, -0.1) is 0 Å². The van der Waals surface area contributed by atoms with Gasteiger partial charge in [0.25, 0.3) is 0 Å². The Hall–Kier alpha value is -3.80. The van der Waals surface area contributed by atoms with Crippen molar-refractivity contribution in [3.63, 3.8) is 0 Å². The number of allylic oxidation sites excluding steroid dienone is 4. The first kappa shape index (κ1) is 45.9. The standard InChI is InChI=1S/C36H51F2N3O16/c1-20-14-22-23-16-25(37)24-15-21(42)10-11-33(24,2)35(23,38)27(43)18-34(22,3)36(20,57-30(46)9-7-13-56-41(52)53)28(44)19-54-31(47)17-26(32(48)49)39-29(45)8-5-4-6-12-55-40(50)51/h10-11,15,20,22-23,25-27,43,50-53H,4-9,12-14,16-19H2,1-3H3,(H,39,45)(H,48,49)/t20-,22?,23?,25+,26?,27+,33+,34+,35+,36+/m1/s1. The van der Waals surface area contributed by atoms with E-state index in [4.69, 9.17) is 30.3 Å². The van der Waals surface area contributed by atoms with Crippen LogP contribution in [0.25, 0.3) is 0 Å². The molecule has 19 nitrogen and oxygen atoms in total. The monoisotopic (exact) mass is 819 g/mol. The van der Waals surface area contributed by atoms with Crippen molar-refractivity contribution in [2.75, 3.05) is 19.8 Å². The summed E-state index contributed by atoms with van der Waals surface area (Å²) in [4.78, 5) is 86.3. The van der Waals surface area contributed by atoms with Gasteiger partial charge in [0, 0.05) is 35.5 Å². The maximum absolute atomic E-state index is 17.8. The molecular weight excluding hydrogens is 768 g/mol. The number of nitrogens with one attached hydrogen (secondary N) is 1. The zero-order chi connectivity index (χ0) is 42.5. The first-order chi connectivity index (χ1) is 26.6. The number of hydrogen-bond donors (Lipinski definition) is 7. The highest BCUT2D eigenvalue weighted by molar-refractivity contribution is 6.01. The molecule has 0 aromatic carbocycles. The SMILES string of the molecule is C[C@@H]1CC2C3C[C@H](F)C4=CC(=O)C=C[C@]4(C)[C@@]3(F)[C@@H](O)C[C@]2(C)[C@@]1(OC(=O)CCCON(O)O)C(=O)COC(=O)CC(NC(=O)CCCCCON(O)O)C(=O)O. The minimum absolute atomic E-state index is 0.00836. The second kappa shape index (κ2) is 18.4. The van der Waals surface area contributed by atoms with Gasteiger partial charge in [0.15, 0.2) is 23.7 Å². The molecule has 0 heterocycles. The van der Waals surface area contributed by atoms with Crippen molar-refractivity contribution >= 4 is 35.4 Å². The highest BCUT2D eigenvalue weighted by Gasteiger charge is 2.78. The van der Waals surface area contributed by atoms with E-state index in [-0.39, 0.29) is 44.5 Å². The number of aliphatic hydroxyl groups excluding tert-OH is 1. The largest absolute Gasteiger partial charge is 0.480 e. The molecule has 0 aliphatic heterocycles. The molecule has 0 saturated heterocycles. The van der Waals surface area contributed by atoms with Crippen LogP contribution in [0.5, 0.6) is 0 Å². The second-order valence-corrected chi connectivity index (χ2v) is 15.5. The number of carboxylic acid groups (broad SMARTS) is 1. The molecule has 10 atom stereocenters. The molecule has 1 amide bonds. The van der Waals surface area contributed by atoms with Crippen LogP contribution in [0.15, 0.2) is 23.8 Å². The zero-order valence-electron chi connectivity index (χ0n) is 31.8. The number of Topliss-reactive ketones (excluding diaryl/α,β-unsaturated/α-hetero) is 1. The highest BCUT2D eigenvalue weighted by Crippen LogP contribution is 2.71. The molecule has 7 N–H and O–H groups in total. The minimum atomic E-state index is -2.53. The molecule has 4 aliphatic rings. The molecule has 0 radical (unpaired) electrons. The number of rotatable bonds is 20. The third kappa shape index (κ3) is 9.26. The number of carbonyl (C=O) groups is 6. The molecular formula is C36H51F2N3O16. The number of ether oxygens (including phenoxy) is 2. The Balaban J connectivity index is 1.55. The lowest BCUT2D eigenvalue weighted by Crippen LogP contribution is -2.71. The third-order valence-electron chi connectivity index (χ3n) is 12.2. The van der Waals surface area contributed by atoms with Gasteiger partial charge in [-0.1, -0.05) is 26.3 Å².